The number of aryl methyl sites for hydroxylation is 1. The molecule has 0 aliphatic carbocycles. The molecular weight excluding hydrogens is 333 g/mol. The first-order valence-electron chi connectivity index (χ1n) is 7.07. The zero-order valence-electron chi connectivity index (χ0n) is 12.8. The highest BCUT2D eigenvalue weighted by molar-refractivity contribution is 7.98. The van der Waals surface area contributed by atoms with Gasteiger partial charge in [-0.2, -0.15) is 0 Å². The molecule has 0 saturated carbocycles. The number of rotatable bonds is 6. The van der Waals surface area contributed by atoms with Crippen molar-refractivity contribution < 1.29 is 13.5 Å². The summed E-state index contributed by atoms with van der Waals surface area (Å²) >= 11 is 1.41. The highest BCUT2D eigenvalue weighted by Crippen LogP contribution is 2.20. The molecular formula is C16H14FN3O3S. The third kappa shape index (κ3) is 4.02. The molecule has 3 aromatic rings. The van der Waals surface area contributed by atoms with Crippen molar-refractivity contribution in [2.45, 2.75) is 17.5 Å². The zero-order chi connectivity index (χ0) is 16.9. The van der Waals surface area contributed by atoms with Gasteiger partial charge in [0.15, 0.2) is 5.16 Å². The maximum atomic E-state index is 13.1. The molecule has 0 N–H and O–H groups in total. The Morgan fingerprint density at radius 3 is 2.96 bits per heavy atom. The topological polar surface area (TPSA) is 70.2 Å². The second-order valence-corrected chi connectivity index (χ2v) is 5.95. The molecule has 0 aliphatic rings. The Kier molecular flexibility index (Phi) is 4.95. The number of halogens is 1. The lowest BCUT2D eigenvalue weighted by Crippen LogP contribution is -2.08. The molecule has 8 heteroatoms. The number of nitrogens with zero attached hydrogens (tertiary/aromatic N) is 3. The molecule has 0 spiro atoms. The van der Waals surface area contributed by atoms with Crippen molar-refractivity contribution in [3.8, 4) is 5.75 Å². The van der Waals surface area contributed by atoms with Crippen LogP contribution in [0.25, 0.3) is 0 Å². The van der Waals surface area contributed by atoms with E-state index in [2.05, 4.69) is 10.2 Å². The first-order chi connectivity index (χ1) is 11.6. The fraction of sp³-hybridized carbons (Fsp3) is 0.188. The second kappa shape index (κ2) is 7.31. The highest BCUT2D eigenvalue weighted by atomic mass is 32.2. The maximum Gasteiger partial charge on any atom is 0.227 e. The third-order valence-corrected chi connectivity index (χ3v) is 4.21. The lowest BCUT2D eigenvalue weighted by Gasteiger charge is -2.06. The number of hydrogen-bond acceptors (Lipinski definition) is 6. The van der Waals surface area contributed by atoms with Gasteiger partial charge < -0.3 is 13.7 Å². The quantitative estimate of drug-likeness (QED) is 0.639. The molecule has 0 saturated heterocycles. The van der Waals surface area contributed by atoms with E-state index < -0.39 is 0 Å². The summed E-state index contributed by atoms with van der Waals surface area (Å²) in [6, 6.07) is 7.39. The smallest absolute Gasteiger partial charge is 0.227 e. The van der Waals surface area contributed by atoms with Crippen LogP contribution in [-0.2, 0) is 19.4 Å². The summed E-state index contributed by atoms with van der Waals surface area (Å²) in [4.78, 5) is 12.1. The Balaban J connectivity index is 1.62. The van der Waals surface area contributed by atoms with Crippen molar-refractivity contribution in [3.63, 3.8) is 0 Å². The van der Waals surface area contributed by atoms with Gasteiger partial charge in [-0.1, -0.05) is 23.9 Å². The van der Waals surface area contributed by atoms with Gasteiger partial charge >= 0.3 is 0 Å². The van der Waals surface area contributed by atoms with Gasteiger partial charge in [0.2, 0.25) is 11.2 Å². The first kappa shape index (κ1) is 16.3. The van der Waals surface area contributed by atoms with E-state index in [1.165, 1.54) is 36.2 Å². The van der Waals surface area contributed by atoms with Gasteiger partial charge in [0, 0.05) is 13.1 Å². The van der Waals surface area contributed by atoms with Crippen molar-refractivity contribution in [2.75, 3.05) is 0 Å². The minimum atomic E-state index is -0.348. The molecule has 6 nitrogen and oxygen atoms in total. The zero-order valence-corrected chi connectivity index (χ0v) is 13.6. The molecule has 3 rings (SSSR count). The summed E-state index contributed by atoms with van der Waals surface area (Å²) in [6.45, 7) is 0.0928. The monoisotopic (exact) mass is 347 g/mol. The van der Waals surface area contributed by atoms with Crippen molar-refractivity contribution in [1.82, 2.24) is 14.8 Å². The van der Waals surface area contributed by atoms with Gasteiger partial charge in [-0.15, -0.1) is 10.2 Å². The van der Waals surface area contributed by atoms with Crippen LogP contribution >= 0.6 is 11.8 Å². The van der Waals surface area contributed by atoms with Crippen molar-refractivity contribution in [3.05, 3.63) is 70.3 Å². The summed E-state index contributed by atoms with van der Waals surface area (Å²) in [7, 11) is 1.84. The van der Waals surface area contributed by atoms with E-state index in [1.807, 2.05) is 7.05 Å². The minimum absolute atomic E-state index is 0.0895. The molecule has 1 aromatic carbocycles. The Morgan fingerprint density at radius 2 is 2.25 bits per heavy atom. The first-order valence-corrected chi connectivity index (χ1v) is 8.06. The number of aromatic nitrogens is 3. The van der Waals surface area contributed by atoms with E-state index >= 15 is 0 Å². The molecule has 0 bridgehead atoms. The number of thioether (sulfide) groups is 1. The Hall–Kier alpha value is -2.61. The summed E-state index contributed by atoms with van der Waals surface area (Å²) in [6.07, 6.45) is 2.87. The van der Waals surface area contributed by atoms with E-state index in [1.54, 1.807) is 23.0 Å². The van der Waals surface area contributed by atoms with Gasteiger partial charge in [0.05, 0.1) is 5.75 Å². The largest absolute Gasteiger partial charge is 0.482 e. The molecule has 0 aliphatic heterocycles. The Bertz CT molecular complexity index is 894. The summed E-state index contributed by atoms with van der Waals surface area (Å²) < 4.78 is 25.7. The van der Waals surface area contributed by atoms with Crippen LogP contribution in [0.5, 0.6) is 5.75 Å². The highest BCUT2D eigenvalue weighted by Gasteiger charge is 2.08. The molecule has 124 valence electrons. The normalized spacial score (nSPS) is 10.8. The average molecular weight is 347 g/mol. The Labute approximate surface area is 141 Å². The van der Waals surface area contributed by atoms with E-state index in [9.17, 15) is 9.18 Å². The fourth-order valence-electron chi connectivity index (χ4n) is 1.95. The van der Waals surface area contributed by atoms with Gasteiger partial charge in [-0.05, 0) is 17.7 Å². The van der Waals surface area contributed by atoms with Crippen LogP contribution in [0, 0.1) is 5.82 Å². The van der Waals surface area contributed by atoms with E-state index in [0.717, 1.165) is 5.16 Å². The summed E-state index contributed by atoms with van der Waals surface area (Å²) in [5.41, 5.74) is 0.350. The van der Waals surface area contributed by atoms with Crippen LogP contribution in [0.3, 0.4) is 0 Å². The molecule has 0 radical (unpaired) electrons. The van der Waals surface area contributed by atoms with Gasteiger partial charge in [-0.25, -0.2) is 4.39 Å². The van der Waals surface area contributed by atoms with Crippen LogP contribution in [0.15, 0.2) is 57.3 Å². The third-order valence-electron chi connectivity index (χ3n) is 3.15. The van der Waals surface area contributed by atoms with E-state index in [0.29, 0.717) is 17.1 Å². The van der Waals surface area contributed by atoms with Gasteiger partial charge in [0.1, 0.15) is 30.8 Å². The van der Waals surface area contributed by atoms with Crippen molar-refractivity contribution in [2.24, 2.45) is 7.05 Å². The molecule has 2 aromatic heterocycles. The summed E-state index contributed by atoms with van der Waals surface area (Å²) in [5.74, 6) is 0.698. The van der Waals surface area contributed by atoms with Crippen molar-refractivity contribution in [1.29, 1.82) is 0 Å². The van der Waals surface area contributed by atoms with Crippen LogP contribution in [-0.4, -0.2) is 14.8 Å². The molecule has 2 heterocycles. The minimum Gasteiger partial charge on any atom is -0.482 e. The van der Waals surface area contributed by atoms with Crippen molar-refractivity contribution >= 4 is 11.8 Å². The lowest BCUT2D eigenvalue weighted by atomic mass is 10.2. The SMILES string of the molecule is Cn1cnnc1SCc1cc(=O)c(OCc2cccc(F)c2)co1. The molecule has 0 fully saturated rings. The van der Waals surface area contributed by atoms with Crippen LogP contribution < -0.4 is 10.2 Å². The van der Waals surface area contributed by atoms with E-state index in [4.69, 9.17) is 9.15 Å². The maximum absolute atomic E-state index is 13.1. The van der Waals surface area contributed by atoms with E-state index in [-0.39, 0.29) is 23.6 Å². The summed E-state index contributed by atoms with van der Waals surface area (Å²) in [5, 5.41) is 8.45. The standard InChI is InChI=1S/C16H14FN3O3S/c1-20-10-18-19-16(20)24-9-13-6-14(21)15(8-22-13)23-7-11-3-2-4-12(17)5-11/h2-6,8,10H,7,9H2,1H3. The fourth-order valence-corrected chi connectivity index (χ4v) is 2.72. The predicted octanol–water partition coefficient (Wildman–Crippen LogP) is 2.78. The number of ether oxygens (including phenoxy) is 1. The molecule has 0 amide bonds. The van der Waals surface area contributed by atoms with Crippen LogP contribution in [0.2, 0.25) is 0 Å². The number of benzene rings is 1. The lowest BCUT2D eigenvalue weighted by molar-refractivity contribution is 0.290. The van der Waals surface area contributed by atoms with Gasteiger partial charge in [0.25, 0.3) is 0 Å². The predicted molar refractivity (Wildman–Crippen MR) is 86.3 cm³/mol. The molecule has 0 atom stereocenters. The van der Waals surface area contributed by atoms with Gasteiger partial charge in [-0.3, -0.25) is 4.79 Å². The Morgan fingerprint density at radius 1 is 1.38 bits per heavy atom. The molecule has 24 heavy (non-hydrogen) atoms. The average Bonchev–Trinajstić information content (AvgIpc) is 2.97. The van der Waals surface area contributed by atoms with Crippen LogP contribution in [0.4, 0.5) is 4.39 Å². The molecule has 0 unspecified atom stereocenters. The second-order valence-electron chi connectivity index (χ2n) is 5.01. The number of hydrogen-bond donors (Lipinski definition) is 0. The van der Waals surface area contributed by atoms with Crippen LogP contribution in [0.1, 0.15) is 11.3 Å².